The van der Waals surface area contributed by atoms with Gasteiger partial charge in [0.05, 0.1) is 0 Å². The van der Waals surface area contributed by atoms with E-state index in [0.717, 1.165) is 25.2 Å². The summed E-state index contributed by atoms with van der Waals surface area (Å²) in [5.74, 6) is 0.0823. The maximum atomic E-state index is 12.5. The lowest BCUT2D eigenvalue weighted by Gasteiger charge is -2.17. The van der Waals surface area contributed by atoms with Gasteiger partial charge in [0, 0.05) is 31.9 Å². The van der Waals surface area contributed by atoms with Gasteiger partial charge in [-0.25, -0.2) is 0 Å². The normalized spacial score (nSPS) is 18.4. The summed E-state index contributed by atoms with van der Waals surface area (Å²) in [5, 5.41) is 0. The van der Waals surface area contributed by atoms with Crippen LogP contribution in [0.4, 0.5) is 0 Å². The van der Waals surface area contributed by atoms with Gasteiger partial charge in [-0.15, -0.1) is 0 Å². The Morgan fingerprint density at radius 3 is 2.70 bits per heavy atom. The molecular weight excluding hydrogens is 250 g/mol. The molecule has 0 bridgehead atoms. The van der Waals surface area contributed by atoms with Crippen LogP contribution < -0.4 is 5.73 Å². The molecule has 4 heteroatoms. The summed E-state index contributed by atoms with van der Waals surface area (Å²) in [6.45, 7) is 2.14. The number of nitrogens with zero attached hydrogens (tertiary/aromatic N) is 2. The molecule has 104 valence electrons. The number of nitrogens with two attached hydrogens (primary N) is 1. The predicted octanol–water partition coefficient (Wildman–Crippen LogP) is 1.71. The van der Waals surface area contributed by atoms with E-state index in [0.29, 0.717) is 6.54 Å². The summed E-state index contributed by atoms with van der Waals surface area (Å²) in [6.07, 6.45) is 2.85. The van der Waals surface area contributed by atoms with Gasteiger partial charge in [-0.3, -0.25) is 4.79 Å². The second kappa shape index (κ2) is 5.51. The lowest BCUT2D eigenvalue weighted by atomic mass is 10.2. The number of aromatic nitrogens is 1. The predicted molar refractivity (Wildman–Crippen MR) is 78.5 cm³/mol. The average Bonchev–Trinajstić information content (AvgIpc) is 3.08. The van der Waals surface area contributed by atoms with Gasteiger partial charge in [0.1, 0.15) is 5.69 Å². The summed E-state index contributed by atoms with van der Waals surface area (Å²) in [7, 11) is 0. The molecule has 1 amide bonds. The van der Waals surface area contributed by atoms with Crippen LogP contribution in [0.2, 0.25) is 0 Å². The number of hydrogen-bond donors (Lipinski definition) is 1. The van der Waals surface area contributed by atoms with Gasteiger partial charge in [0.25, 0.3) is 5.91 Å². The fraction of sp³-hybridized carbons (Fsp3) is 0.312. The molecule has 2 N–H and O–H groups in total. The summed E-state index contributed by atoms with van der Waals surface area (Å²) in [4.78, 5) is 14.4. The minimum atomic E-state index is 0.0823. The molecule has 1 fully saturated rings. The Morgan fingerprint density at radius 1 is 1.20 bits per heavy atom. The fourth-order valence-electron chi connectivity index (χ4n) is 2.66. The Morgan fingerprint density at radius 2 is 2.00 bits per heavy atom. The van der Waals surface area contributed by atoms with Crippen molar-refractivity contribution in [2.24, 2.45) is 5.73 Å². The number of carbonyl (C=O) groups excluding carboxylic acids is 1. The third kappa shape index (κ3) is 2.60. The minimum Gasteiger partial charge on any atom is -0.339 e. The van der Waals surface area contributed by atoms with Crippen LogP contribution in [0, 0.1) is 0 Å². The molecule has 1 aliphatic heterocycles. The molecule has 20 heavy (non-hydrogen) atoms. The second-order valence-electron chi connectivity index (χ2n) is 5.31. The van der Waals surface area contributed by atoms with Gasteiger partial charge >= 0.3 is 0 Å². The van der Waals surface area contributed by atoms with E-state index < -0.39 is 0 Å². The quantitative estimate of drug-likeness (QED) is 0.922. The van der Waals surface area contributed by atoms with Gasteiger partial charge < -0.3 is 15.2 Å². The molecule has 0 aliphatic carbocycles. The van der Waals surface area contributed by atoms with Crippen LogP contribution in [0.15, 0.2) is 48.7 Å². The molecule has 2 aromatic rings. The summed E-state index contributed by atoms with van der Waals surface area (Å²) < 4.78 is 2.00. The summed E-state index contributed by atoms with van der Waals surface area (Å²) >= 11 is 0. The first-order valence-corrected chi connectivity index (χ1v) is 6.98. The van der Waals surface area contributed by atoms with Crippen LogP contribution in [0.25, 0.3) is 0 Å². The molecular formula is C16H19N3O. The highest BCUT2D eigenvalue weighted by Gasteiger charge is 2.26. The molecule has 4 nitrogen and oxygen atoms in total. The number of benzene rings is 1. The van der Waals surface area contributed by atoms with Crippen LogP contribution >= 0.6 is 0 Å². The van der Waals surface area contributed by atoms with E-state index in [9.17, 15) is 4.79 Å². The molecule has 2 heterocycles. The first-order valence-electron chi connectivity index (χ1n) is 6.98. The molecule has 1 aromatic carbocycles. The Labute approximate surface area is 118 Å². The minimum absolute atomic E-state index is 0.0823. The Kier molecular flexibility index (Phi) is 3.56. The molecule has 0 radical (unpaired) electrons. The molecule has 0 saturated carbocycles. The van der Waals surface area contributed by atoms with Crippen LogP contribution in [0.1, 0.15) is 22.5 Å². The molecule has 1 saturated heterocycles. The van der Waals surface area contributed by atoms with E-state index in [1.54, 1.807) is 0 Å². The number of amides is 1. The smallest absolute Gasteiger partial charge is 0.270 e. The summed E-state index contributed by atoms with van der Waals surface area (Å²) in [5.41, 5.74) is 7.81. The SMILES string of the molecule is N[C@@H]1CCN(C(=O)c2cccn2Cc2ccccc2)C1. The first kappa shape index (κ1) is 12.9. The third-order valence-corrected chi connectivity index (χ3v) is 3.76. The third-order valence-electron chi connectivity index (χ3n) is 3.76. The first-order chi connectivity index (χ1) is 9.74. The van der Waals surface area contributed by atoms with E-state index >= 15 is 0 Å². The van der Waals surface area contributed by atoms with E-state index in [-0.39, 0.29) is 11.9 Å². The van der Waals surface area contributed by atoms with Crippen molar-refractivity contribution in [1.82, 2.24) is 9.47 Å². The van der Waals surface area contributed by atoms with Crippen molar-refractivity contribution >= 4 is 5.91 Å². The molecule has 1 aliphatic rings. The van der Waals surface area contributed by atoms with Gasteiger partial charge in [0.2, 0.25) is 0 Å². The second-order valence-corrected chi connectivity index (χ2v) is 5.31. The van der Waals surface area contributed by atoms with Crippen molar-refractivity contribution < 1.29 is 4.79 Å². The topological polar surface area (TPSA) is 51.3 Å². The maximum absolute atomic E-state index is 12.5. The molecule has 0 spiro atoms. The van der Waals surface area contributed by atoms with Crippen molar-refractivity contribution in [3.63, 3.8) is 0 Å². The van der Waals surface area contributed by atoms with Crippen LogP contribution in [0.3, 0.4) is 0 Å². The van der Waals surface area contributed by atoms with Gasteiger partial charge in [-0.05, 0) is 24.1 Å². The van der Waals surface area contributed by atoms with E-state index in [2.05, 4.69) is 12.1 Å². The zero-order valence-corrected chi connectivity index (χ0v) is 11.4. The van der Waals surface area contributed by atoms with E-state index in [4.69, 9.17) is 5.73 Å². The number of hydrogen-bond acceptors (Lipinski definition) is 2. The van der Waals surface area contributed by atoms with Crippen molar-refractivity contribution in [3.05, 3.63) is 59.9 Å². The van der Waals surface area contributed by atoms with Crippen molar-refractivity contribution in [1.29, 1.82) is 0 Å². The zero-order valence-electron chi connectivity index (χ0n) is 11.4. The Balaban J connectivity index is 1.78. The van der Waals surface area contributed by atoms with E-state index in [1.165, 1.54) is 5.56 Å². The summed E-state index contributed by atoms with van der Waals surface area (Å²) in [6, 6.07) is 14.1. The van der Waals surface area contributed by atoms with Crippen molar-refractivity contribution in [2.75, 3.05) is 13.1 Å². The number of carbonyl (C=O) groups is 1. The molecule has 0 unspecified atom stereocenters. The lowest BCUT2D eigenvalue weighted by Crippen LogP contribution is -2.33. The van der Waals surface area contributed by atoms with Gasteiger partial charge in [-0.1, -0.05) is 30.3 Å². The zero-order chi connectivity index (χ0) is 13.9. The molecule has 1 aromatic heterocycles. The van der Waals surface area contributed by atoms with Gasteiger partial charge in [0.15, 0.2) is 0 Å². The highest BCUT2D eigenvalue weighted by molar-refractivity contribution is 5.93. The Hall–Kier alpha value is -2.07. The number of likely N-dealkylation sites (tertiary alicyclic amines) is 1. The van der Waals surface area contributed by atoms with E-state index in [1.807, 2.05) is 46.0 Å². The van der Waals surface area contributed by atoms with Crippen LogP contribution in [0.5, 0.6) is 0 Å². The monoisotopic (exact) mass is 269 g/mol. The Bertz CT molecular complexity index is 591. The lowest BCUT2D eigenvalue weighted by molar-refractivity contribution is 0.0780. The average molecular weight is 269 g/mol. The van der Waals surface area contributed by atoms with Gasteiger partial charge in [-0.2, -0.15) is 0 Å². The highest BCUT2D eigenvalue weighted by atomic mass is 16.2. The molecule has 3 rings (SSSR count). The largest absolute Gasteiger partial charge is 0.339 e. The fourth-order valence-corrected chi connectivity index (χ4v) is 2.66. The standard InChI is InChI=1S/C16H19N3O/c17-14-8-10-19(12-14)16(20)15-7-4-9-18(15)11-13-5-2-1-3-6-13/h1-7,9,14H,8,10-12,17H2/t14-/m1/s1. The highest BCUT2D eigenvalue weighted by Crippen LogP contribution is 2.14. The van der Waals surface area contributed by atoms with Crippen molar-refractivity contribution in [2.45, 2.75) is 19.0 Å². The molecule has 1 atom stereocenters. The van der Waals surface area contributed by atoms with Crippen LogP contribution in [-0.4, -0.2) is 34.5 Å². The maximum Gasteiger partial charge on any atom is 0.270 e. The van der Waals surface area contributed by atoms with Crippen molar-refractivity contribution in [3.8, 4) is 0 Å². The number of rotatable bonds is 3. The van der Waals surface area contributed by atoms with Crippen LogP contribution in [-0.2, 0) is 6.54 Å².